The average Bonchev–Trinajstić information content (AvgIpc) is 2.94. The van der Waals surface area contributed by atoms with Crippen LogP contribution in [0.25, 0.3) is 0 Å². The van der Waals surface area contributed by atoms with Gasteiger partial charge in [0.15, 0.2) is 0 Å². The molecular weight excluding hydrogens is 304 g/mol. The molecule has 1 atom stereocenters. The van der Waals surface area contributed by atoms with E-state index in [2.05, 4.69) is 6.92 Å². The van der Waals surface area contributed by atoms with Crippen LogP contribution in [0.1, 0.15) is 31.9 Å². The van der Waals surface area contributed by atoms with E-state index < -0.39 is 10.0 Å². The fourth-order valence-corrected chi connectivity index (χ4v) is 3.52. The SMILES string of the molecule is CC1CCCN(C(=O)CCN(Cc2ccco2)S(C)(=O)=O)C1. The van der Waals surface area contributed by atoms with Gasteiger partial charge in [0.1, 0.15) is 5.76 Å². The molecule has 0 spiro atoms. The van der Waals surface area contributed by atoms with Gasteiger partial charge in [-0.3, -0.25) is 4.79 Å². The molecule has 0 saturated carbocycles. The van der Waals surface area contributed by atoms with E-state index >= 15 is 0 Å². The highest BCUT2D eigenvalue weighted by Gasteiger charge is 2.24. The lowest BCUT2D eigenvalue weighted by molar-refractivity contribution is -0.133. The molecule has 1 aromatic rings. The second-order valence-electron chi connectivity index (χ2n) is 6.01. The van der Waals surface area contributed by atoms with Crippen LogP contribution in [0.5, 0.6) is 0 Å². The van der Waals surface area contributed by atoms with Gasteiger partial charge in [-0.2, -0.15) is 4.31 Å². The van der Waals surface area contributed by atoms with Crippen LogP contribution in [0, 0.1) is 5.92 Å². The van der Waals surface area contributed by atoms with Gasteiger partial charge >= 0.3 is 0 Å². The number of carbonyl (C=O) groups excluding carboxylic acids is 1. The first-order chi connectivity index (χ1) is 10.4. The molecule has 1 aromatic heterocycles. The number of likely N-dealkylation sites (tertiary alicyclic amines) is 1. The summed E-state index contributed by atoms with van der Waals surface area (Å²) in [5, 5.41) is 0. The molecular formula is C15H24N2O4S. The molecule has 2 heterocycles. The van der Waals surface area contributed by atoms with Crippen molar-refractivity contribution >= 4 is 15.9 Å². The Kier molecular flexibility index (Phi) is 5.63. The van der Waals surface area contributed by atoms with Crippen molar-refractivity contribution in [1.82, 2.24) is 9.21 Å². The van der Waals surface area contributed by atoms with Gasteiger partial charge in [0.25, 0.3) is 0 Å². The predicted molar refractivity (Wildman–Crippen MR) is 83.6 cm³/mol. The summed E-state index contributed by atoms with van der Waals surface area (Å²) < 4.78 is 30.2. The number of rotatable bonds is 6. The summed E-state index contributed by atoms with van der Waals surface area (Å²) >= 11 is 0. The van der Waals surface area contributed by atoms with E-state index in [1.165, 1.54) is 10.6 Å². The van der Waals surface area contributed by atoms with Crippen molar-refractivity contribution in [2.45, 2.75) is 32.7 Å². The van der Waals surface area contributed by atoms with Crippen molar-refractivity contribution < 1.29 is 17.6 Å². The monoisotopic (exact) mass is 328 g/mol. The van der Waals surface area contributed by atoms with Crippen LogP contribution in [-0.4, -0.2) is 49.4 Å². The van der Waals surface area contributed by atoms with Crippen LogP contribution in [0.15, 0.2) is 22.8 Å². The second-order valence-corrected chi connectivity index (χ2v) is 8.00. The van der Waals surface area contributed by atoms with Gasteiger partial charge in [0, 0.05) is 26.1 Å². The minimum absolute atomic E-state index is 0.0274. The first-order valence-electron chi connectivity index (χ1n) is 7.61. The van der Waals surface area contributed by atoms with E-state index in [9.17, 15) is 13.2 Å². The molecule has 1 unspecified atom stereocenters. The standard InChI is InChI=1S/C15H24N2O4S/c1-13-5-3-8-16(11-13)15(18)7-9-17(22(2,19)20)12-14-6-4-10-21-14/h4,6,10,13H,3,5,7-9,11-12H2,1-2H3. The van der Waals surface area contributed by atoms with Crippen molar-refractivity contribution in [1.29, 1.82) is 0 Å². The normalized spacial score (nSPS) is 19.6. The fourth-order valence-electron chi connectivity index (χ4n) is 2.73. The maximum Gasteiger partial charge on any atom is 0.223 e. The molecule has 22 heavy (non-hydrogen) atoms. The first-order valence-corrected chi connectivity index (χ1v) is 9.46. The van der Waals surface area contributed by atoms with E-state index in [0.717, 1.165) is 32.2 Å². The molecule has 1 fully saturated rings. The Labute approximate surface area is 132 Å². The number of sulfonamides is 1. The topological polar surface area (TPSA) is 70.8 Å². The van der Waals surface area contributed by atoms with Crippen molar-refractivity contribution in [3.63, 3.8) is 0 Å². The van der Waals surface area contributed by atoms with Gasteiger partial charge in [-0.25, -0.2) is 8.42 Å². The molecule has 2 rings (SSSR count). The molecule has 124 valence electrons. The third kappa shape index (κ3) is 4.84. The lowest BCUT2D eigenvalue weighted by atomic mass is 10.00. The van der Waals surface area contributed by atoms with Crippen LogP contribution >= 0.6 is 0 Å². The largest absolute Gasteiger partial charge is 0.468 e. The quantitative estimate of drug-likeness (QED) is 0.797. The van der Waals surface area contributed by atoms with Crippen LogP contribution < -0.4 is 0 Å². The zero-order valence-electron chi connectivity index (χ0n) is 13.2. The minimum Gasteiger partial charge on any atom is -0.468 e. The van der Waals surface area contributed by atoms with Crippen LogP contribution in [0.2, 0.25) is 0 Å². The third-order valence-electron chi connectivity index (χ3n) is 3.97. The lowest BCUT2D eigenvalue weighted by Gasteiger charge is -2.31. The number of piperidine rings is 1. The van der Waals surface area contributed by atoms with Gasteiger partial charge < -0.3 is 9.32 Å². The highest BCUT2D eigenvalue weighted by atomic mass is 32.2. The molecule has 6 nitrogen and oxygen atoms in total. The highest BCUT2D eigenvalue weighted by Crippen LogP contribution is 2.17. The van der Waals surface area contributed by atoms with Crippen molar-refractivity contribution in [2.75, 3.05) is 25.9 Å². The van der Waals surface area contributed by atoms with E-state index in [1.807, 2.05) is 4.90 Å². The number of carbonyl (C=O) groups is 1. The van der Waals surface area contributed by atoms with E-state index in [-0.39, 0.29) is 25.4 Å². The Bertz CT molecular complexity index is 583. The number of hydrogen-bond acceptors (Lipinski definition) is 4. The van der Waals surface area contributed by atoms with Crippen LogP contribution in [0.4, 0.5) is 0 Å². The molecule has 0 radical (unpaired) electrons. The lowest BCUT2D eigenvalue weighted by Crippen LogP contribution is -2.41. The highest BCUT2D eigenvalue weighted by molar-refractivity contribution is 7.88. The molecule has 7 heteroatoms. The van der Waals surface area contributed by atoms with Gasteiger partial charge in [0.05, 0.1) is 19.1 Å². The third-order valence-corrected chi connectivity index (χ3v) is 5.22. The van der Waals surface area contributed by atoms with Crippen molar-refractivity contribution in [3.05, 3.63) is 24.2 Å². The summed E-state index contributed by atoms with van der Waals surface area (Å²) in [5.41, 5.74) is 0. The molecule has 1 amide bonds. The van der Waals surface area contributed by atoms with Gasteiger partial charge in [0.2, 0.25) is 15.9 Å². The van der Waals surface area contributed by atoms with E-state index in [1.54, 1.807) is 12.1 Å². The molecule has 1 aliphatic rings. The Morgan fingerprint density at radius 3 is 2.86 bits per heavy atom. The molecule has 0 N–H and O–H groups in total. The molecule has 0 aromatic carbocycles. The van der Waals surface area contributed by atoms with Gasteiger partial charge in [-0.1, -0.05) is 6.92 Å². The number of furan rings is 1. The van der Waals surface area contributed by atoms with E-state index in [0.29, 0.717) is 11.7 Å². The molecule has 1 aliphatic heterocycles. The Balaban J connectivity index is 1.92. The molecule has 0 aliphatic carbocycles. The maximum absolute atomic E-state index is 12.3. The average molecular weight is 328 g/mol. The Morgan fingerprint density at radius 1 is 1.50 bits per heavy atom. The predicted octanol–water partition coefficient (Wildman–Crippen LogP) is 1.69. The van der Waals surface area contributed by atoms with Crippen LogP contribution in [-0.2, 0) is 21.4 Å². The molecule has 1 saturated heterocycles. The second kappa shape index (κ2) is 7.28. The minimum atomic E-state index is -3.38. The Hall–Kier alpha value is -1.34. The van der Waals surface area contributed by atoms with Crippen molar-refractivity contribution in [2.24, 2.45) is 5.92 Å². The number of nitrogens with zero attached hydrogens (tertiary/aromatic N) is 2. The summed E-state index contributed by atoms with van der Waals surface area (Å²) in [6, 6.07) is 3.45. The van der Waals surface area contributed by atoms with Gasteiger partial charge in [-0.05, 0) is 30.9 Å². The maximum atomic E-state index is 12.3. The van der Waals surface area contributed by atoms with E-state index in [4.69, 9.17) is 4.42 Å². The summed E-state index contributed by atoms with van der Waals surface area (Å²) in [6.07, 6.45) is 5.05. The van der Waals surface area contributed by atoms with Crippen molar-refractivity contribution in [3.8, 4) is 0 Å². The smallest absolute Gasteiger partial charge is 0.223 e. The summed E-state index contributed by atoms with van der Waals surface area (Å²) in [5.74, 6) is 1.12. The first kappa shape index (κ1) is 17.0. The molecule has 0 bridgehead atoms. The van der Waals surface area contributed by atoms with Gasteiger partial charge in [-0.15, -0.1) is 0 Å². The zero-order chi connectivity index (χ0) is 16.2. The summed E-state index contributed by atoms with van der Waals surface area (Å²) in [6.45, 7) is 4.04. The summed E-state index contributed by atoms with van der Waals surface area (Å²) in [4.78, 5) is 14.1. The fraction of sp³-hybridized carbons (Fsp3) is 0.667. The van der Waals surface area contributed by atoms with Crippen LogP contribution in [0.3, 0.4) is 0 Å². The number of hydrogen-bond donors (Lipinski definition) is 0. The Morgan fingerprint density at radius 2 is 2.27 bits per heavy atom. The summed E-state index contributed by atoms with van der Waals surface area (Å²) in [7, 11) is -3.38. The number of amides is 1. The zero-order valence-corrected chi connectivity index (χ0v) is 14.0.